The van der Waals surface area contributed by atoms with Gasteiger partial charge in [0.2, 0.25) is 0 Å². The van der Waals surface area contributed by atoms with Crippen molar-refractivity contribution in [2.75, 3.05) is 33.9 Å². The highest BCUT2D eigenvalue weighted by atomic mass is 16.5. The van der Waals surface area contributed by atoms with Crippen LogP contribution in [0.1, 0.15) is 20.3 Å². The summed E-state index contributed by atoms with van der Waals surface area (Å²) in [4.78, 5) is 23.9. The van der Waals surface area contributed by atoms with Crippen LogP contribution in [-0.4, -0.2) is 55.9 Å². The van der Waals surface area contributed by atoms with E-state index >= 15 is 0 Å². The first kappa shape index (κ1) is 15.7. The number of carboxylic acid groups (broad SMARTS) is 1. The standard InChI is InChI=1S/C11H22N2O4/c1-11(2,9(14)15)8-12-10(16)13(3)6-5-7-17-4/h5-8H2,1-4H3,(H,12,16)(H,14,15). The molecular formula is C11H22N2O4. The Balaban J connectivity index is 3.97. The molecule has 0 radical (unpaired) electrons. The quantitative estimate of drug-likeness (QED) is 0.650. The van der Waals surface area contributed by atoms with E-state index in [9.17, 15) is 9.59 Å². The van der Waals surface area contributed by atoms with Crippen LogP contribution in [0.15, 0.2) is 0 Å². The van der Waals surface area contributed by atoms with Crippen molar-refractivity contribution < 1.29 is 19.4 Å². The van der Waals surface area contributed by atoms with Gasteiger partial charge < -0.3 is 20.1 Å². The number of hydrogen-bond acceptors (Lipinski definition) is 3. The number of aliphatic carboxylic acids is 1. The van der Waals surface area contributed by atoms with Gasteiger partial charge in [0.25, 0.3) is 0 Å². The minimum Gasteiger partial charge on any atom is -0.481 e. The highest BCUT2D eigenvalue weighted by Gasteiger charge is 2.27. The second-order valence-corrected chi connectivity index (χ2v) is 4.62. The molecule has 17 heavy (non-hydrogen) atoms. The summed E-state index contributed by atoms with van der Waals surface area (Å²) in [7, 11) is 3.27. The van der Waals surface area contributed by atoms with Gasteiger partial charge >= 0.3 is 12.0 Å². The Labute approximate surface area is 102 Å². The number of ether oxygens (including phenoxy) is 1. The predicted molar refractivity (Wildman–Crippen MR) is 63.9 cm³/mol. The van der Waals surface area contributed by atoms with E-state index in [2.05, 4.69) is 5.32 Å². The Morgan fingerprint density at radius 2 is 2.00 bits per heavy atom. The average Bonchev–Trinajstić information content (AvgIpc) is 2.26. The van der Waals surface area contributed by atoms with Crippen molar-refractivity contribution in [3.05, 3.63) is 0 Å². The number of urea groups is 1. The lowest BCUT2D eigenvalue weighted by Gasteiger charge is -2.23. The first-order valence-electron chi connectivity index (χ1n) is 5.52. The molecule has 0 saturated carbocycles. The third-order valence-corrected chi connectivity index (χ3v) is 2.45. The number of nitrogens with one attached hydrogen (secondary N) is 1. The highest BCUT2D eigenvalue weighted by molar-refractivity contribution is 5.77. The summed E-state index contributed by atoms with van der Waals surface area (Å²) >= 11 is 0. The lowest BCUT2D eigenvalue weighted by Crippen LogP contribution is -2.44. The molecule has 0 aliphatic carbocycles. The summed E-state index contributed by atoms with van der Waals surface area (Å²) in [5.74, 6) is -0.931. The lowest BCUT2D eigenvalue weighted by atomic mass is 9.94. The van der Waals surface area contributed by atoms with Crippen LogP contribution in [-0.2, 0) is 9.53 Å². The largest absolute Gasteiger partial charge is 0.481 e. The molecule has 0 fully saturated rings. The van der Waals surface area contributed by atoms with Gasteiger partial charge in [0.1, 0.15) is 0 Å². The molecule has 0 atom stereocenters. The van der Waals surface area contributed by atoms with E-state index in [-0.39, 0.29) is 12.6 Å². The Kier molecular flexibility index (Phi) is 6.57. The number of carbonyl (C=O) groups is 2. The lowest BCUT2D eigenvalue weighted by molar-refractivity contribution is -0.146. The van der Waals surface area contributed by atoms with Crippen molar-refractivity contribution in [3.8, 4) is 0 Å². The molecule has 0 unspecified atom stereocenters. The number of rotatable bonds is 7. The Bertz CT molecular complexity index is 266. The van der Waals surface area contributed by atoms with Gasteiger partial charge in [-0.05, 0) is 20.3 Å². The molecule has 0 spiro atoms. The number of hydrogen-bond donors (Lipinski definition) is 2. The van der Waals surface area contributed by atoms with E-state index in [4.69, 9.17) is 9.84 Å². The molecule has 6 heteroatoms. The highest BCUT2D eigenvalue weighted by Crippen LogP contribution is 2.13. The van der Waals surface area contributed by atoms with Gasteiger partial charge in [-0.25, -0.2) is 4.79 Å². The molecule has 2 amide bonds. The third kappa shape index (κ3) is 6.11. The van der Waals surface area contributed by atoms with Crippen molar-refractivity contribution in [2.45, 2.75) is 20.3 Å². The Hall–Kier alpha value is -1.30. The zero-order valence-corrected chi connectivity index (χ0v) is 10.9. The van der Waals surface area contributed by atoms with Gasteiger partial charge in [-0.15, -0.1) is 0 Å². The van der Waals surface area contributed by atoms with Crippen LogP contribution in [0.25, 0.3) is 0 Å². The summed E-state index contributed by atoms with van der Waals surface area (Å²) in [5.41, 5.74) is -0.955. The van der Waals surface area contributed by atoms with E-state index in [1.54, 1.807) is 28.0 Å². The molecule has 0 aromatic carbocycles. The van der Waals surface area contributed by atoms with E-state index in [0.717, 1.165) is 6.42 Å². The van der Waals surface area contributed by atoms with Crippen LogP contribution >= 0.6 is 0 Å². The summed E-state index contributed by atoms with van der Waals surface area (Å²) in [6, 6.07) is -0.268. The molecule has 0 heterocycles. The second kappa shape index (κ2) is 7.11. The maximum Gasteiger partial charge on any atom is 0.317 e. The molecule has 6 nitrogen and oxygen atoms in total. The fraction of sp³-hybridized carbons (Fsp3) is 0.818. The monoisotopic (exact) mass is 246 g/mol. The van der Waals surface area contributed by atoms with Crippen LogP contribution in [0.5, 0.6) is 0 Å². The summed E-state index contributed by atoms with van der Waals surface area (Å²) in [5, 5.41) is 11.5. The zero-order valence-electron chi connectivity index (χ0n) is 10.9. The van der Waals surface area contributed by atoms with Gasteiger partial charge in [-0.1, -0.05) is 0 Å². The van der Waals surface area contributed by atoms with Crippen molar-refractivity contribution >= 4 is 12.0 Å². The maximum absolute atomic E-state index is 11.6. The molecule has 0 aliphatic rings. The predicted octanol–water partition coefficient (Wildman–Crippen LogP) is 0.775. The molecule has 2 N–H and O–H groups in total. The van der Waals surface area contributed by atoms with Crippen molar-refractivity contribution in [3.63, 3.8) is 0 Å². The minimum absolute atomic E-state index is 0.107. The smallest absolute Gasteiger partial charge is 0.317 e. The topological polar surface area (TPSA) is 78.9 Å². The van der Waals surface area contributed by atoms with E-state index in [0.29, 0.717) is 13.2 Å². The SMILES string of the molecule is COCCCN(C)C(=O)NCC(C)(C)C(=O)O. The maximum atomic E-state index is 11.6. The summed E-state index contributed by atoms with van der Waals surface area (Å²) in [6.07, 6.45) is 0.753. The van der Waals surface area contributed by atoms with Crippen molar-refractivity contribution in [1.29, 1.82) is 0 Å². The van der Waals surface area contributed by atoms with E-state index in [1.807, 2.05) is 0 Å². The zero-order chi connectivity index (χ0) is 13.5. The average molecular weight is 246 g/mol. The molecule has 0 aromatic heterocycles. The van der Waals surface area contributed by atoms with Crippen LogP contribution in [0.4, 0.5) is 4.79 Å². The van der Waals surface area contributed by atoms with Crippen LogP contribution in [0.3, 0.4) is 0 Å². The van der Waals surface area contributed by atoms with Crippen LogP contribution < -0.4 is 5.32 Å². The minimum atomic E-state index is -0.955. The first-order chi connectivity index (χ1) is 7.81. The van der Waals surface area contributed by atoms with Crippen molar-refractivity contribution in [1.82, 2.24) is 10.2 Å². The molecule has 0 aromatic rings. The van der Waals surface area contributed by atoms with Gasteiger partial charge in [-0.3, -0.25) is 4.79 Å². The van der Waals surface area contributed by atoms with E-state index in [1.165, 1.54) is 4.90 Å². The number of carboxylic acids is 1. The number of amides is 2. The van der Waals surface area contributed by atoms with Crippen molar-refractivity contribution in [2.24, 2.45) is 5.41 Å². The van der Waals surface area contributed by atoms with Crippen LogP contribution in [0, 0.1) is 5.41 Å². The van der Waals surface area contributed by atoms with Gasteiger partial charge in [-0.2, -0.15) is 0 Å². The number of nitrogens with zero attached hydrogens (tertiary/aromatic N) is 1. The normalized spacial score (nSPS) is 11.1. The summed E-state index contributed by atoms with van der Waals surface area (Å²) < 4.78 is 4.88. The first-order valence-corrected chi connectivity index (χ1v) is 5.52. The Morgan fingerprint density at radius 1 is 1.41 bits per heavy atom. The molecule has 0 saturated heterocycles. The fourth-order valence-corrected chi connectivity index (χ4v) is 1.05. The molecule has 0 aliphatic heterocycles. The Morgan fingerprint density at radius 3 is 2.47 bits per heavy atom. The van der Waals surface area contributed by atoms with Gasteiger partial charge in [0.05, 0.1) is 5.41 Å². The van der Waals surface area contributed by atoms with E-state index < -0.39 is 11.4 Å². The number of carbonyl (C=O) groups excluding carboxylic acids is 1. The molecule has 0 bridgehead atoms. The summed E-state index contributed by atoms with van der Waals surface area (Å²) in [6.45, 7) is 4.42. The van der Waals surface area contributed by atoms with Crippen LogP contribution in [0.2, 0.25) is 0 Å². The fourth-order valence-electron chi connectivity index (χ4n) is 1.05. The number of methoxy groups -OCH3 is 1. The molecule has 100 valence electrons. The van der Waals surface area contributed by atoms with Gasteiger partial charge in [0, 0.05) is 33.9 Å². The van der Waals surface area contributed by atoms with Gasteiger partial charge in [0.15, 0.2) is 0 Å². The molecular weight excluding hydrogens is 224 g/mol. The molecule has 0 rings (SSSR count). The second-order valence-electron chi connectivity index (χ2n) is 4.62. The third-order valence-electron chi connectivity index (χ3n) is 2.45.